The van der Waals surface area contributed by atoms with Gasteiger partial charge in [-0.3, -0.25) is 0 Å². The summed E-state index contributed by atoms with van der Waals surface area (Å²) in [5, 5.41) is 1.66. The average molecular weight is 527 g/mol. The molecule has 35 heavy (non-hydrogen) atoms. The highest BCUT2D eigenvalue weighted by atomic mass is 35.5. The summed E-state index contributed by atoms with van der Waals surface area (Å²) in [4.78, 5) is 21.2. The number of carbonyl (C=O) groups excluding carboxylic acids is 1. The van der Waals surface area contributed by atoms with Gasteiger partial charge < -0.3 is 14.4 Å². The van der Waals surface area contributed by atoms with E-state index in [-0.39, 0.29) is 12.3 Å². The van der Waals surface area contributed by atoms with Crippen LogP contribution in [0.4, 0.5) is 5.69 Å². The SMILES string of the molecule is CCOC(=O)c1cc(N(C)Cc2ccc(Sc3ccc(OC)cc3)cc2)c2c(Cl)cc(Cl)cc2n1. The number of anilines is 1. The van der Waals surface area contributed by atoms with Gasteiger partial charge in [0.1, 0.15) is 5.75 Å². The van der Waals surface area contributed by atoms with Crippen molar-refractivity contribution in [2.24, 2.45) is 0 Å². The van der Waals surface area contributed by atoms with Crippen LogP contribution in [0.15, 0.2) is 76.5 Å². The number of hydrogen-bond donors (Lipinski definition) is 0. The number of halogens is 2. The highest BCUT2D eigenvalue weighted by Gasteiger charge is 2.18. The zero-order valence-corrected chi connectivity index (χ0v) is 21.9. The zero-order valence-electron chi connectivity index (χ0n) is 19.5. The van der Waals surface area contributed by atoms with Crippen molar-refractivity contribution in [2.45, 2.75) is 23.3 Å². The Bertz CT molecular complexity index is 1350. The van der Waals surface area contributed by atoms with Crippen LogP contribution >= 0.6 is 35.0 Å². The van der Waals surface area contributed by atoms with Gasteiger partial charge in [-0.15, -0.1) is 0 Å². The Hall–Kier alpha value is -2.93. The summed E-state index contributed by atoms with van der Waals surface area (Å²) in [5.74, 6) is 0.352. The Labute approximate surface area is 219 Å². The molecule has 0 N–H and O–H groups in total. The lowest BCUT2D eigenvalue weighted by molar-refractivity contribution is 0.0520. The first-order valence-corrected chi connectivity index (χ1v) is 12.5. The lowest BCUT2D eigenvalue weighted by atomic mass is 10.1. The molecule has 0 bridgehead atoms. The third kappa shape index (κ3) is 6.01. The van der Waals surface area contributed by atoms with Crippen molar-refractivity contribution >= 4 is 57.5 Å². The number of rotatable bonds is 8. The molecule has 1 aromatic heterocycles. The number of methoxy groups -OCH3 is 1. The van der Waals surface area contributed by atoms with Crippen molar-refractivity contribution in [1.29, 1.82) is 0 Å². The van der Waals surface area contributed by atoms with Crippen molar-refractivity contribution in [2.75, 3.05) is 25.7 Å². The molecule has 5 nitrogen and oxygen atoms in total. The minimum Gasteiger partial charge on any atom is -0.497 e. The fourth-order valence-electron chi connectivity index (χ4n) is 3.68. The van der Waals surface area contributed by atoms with Gasteiger partial charge in [0.15, 0.2) is 5.69 Å². The number of aromatic nitrogens is 1. The maximum absolute atomic E-state index is 12.4. The predicted molar refractivity (Wildman–Crippen MR) is 143 cm³/mol. The molecule has 0 amide bonds. The number of pyridine rings is 1. The highest BCUT2D eigenvalue weighted by Crippen LogP contribution is 2.36. The van der Waals surface area contributed by atoms with Crippen molar-refractivity contribution in [3.8, 4) is 5.75 Å². The second-order valence-corrected chi connectivity index (χ2v) is 9.80. The van der Waals surface area contributed by atoms with Crippen LogP contribution < -0.4 is 9.64 Å². The summed E-state index contributed by atoms with van der Waals surface area (Å²) in [6, 6.07) is 21.5. The van der Waals surface area contributed by atoms with Gasteiger partial charge in [0, 0.05) is 33.8 Å². The van der Waals surface area contributed by atoms with Crippen LogP contribution in [0.1, 0.15) is 23.0 Å². The number of carbonyl (C=O) groups is 1. The van der Waals surface area contributed by atoms with E-state index in [1.165, 1.54) is 0 Å². The molecule has 0 saturated heterocycles. The molecule has 4 aromatic rings. The molecule has 0 spiro atoms. The monoisotopic (exact) mass is 526 g/mol. The molecule has 0 unspecified atom stereocenters. The second kappa shape index (κ2) is 11.2. The van der Waals surface area contributed by atoms with Gasteiger partial charge in [0.25, 0.3) is 0 Å². The fraction of sp³-hybridized carbons (Fsp3) is 0.185. The molecule has 3 aromatic carbocycles. The quantitative estimate of drug-likeness (QED) is 0.221. The molecular formula is C27H24Cl2N2O3S. The molecule has 0 saturated carbocycles. The van der Waals surface area contributed by atoms with Gasteiger partial charge in [-0.25, -0.2) is 9.78 Å². The van der Waals surface area contributed by atoms with E-state index in [4.69, 9.17) is 32.7 Å². The minimum atomic E-state index is -0.486. The number of nitrogens with zero attached hydrogens (tertiary/aromatic N) is 2. The molecule has 0 fully saturated rings. The van der Waals surface area contributed by atoms with E-state index >= 15 is 0 Å². The minimum absolute atomic E-state index is 0.214. The van der Waals surface area contributed by atoms with Gasteiger partial charge in [-0.05, 0) is 67.1 Å². The molecule has 4 rings (SSSR count). The van der Waals surface area contributed by atoms with Crippen LogP contribution in [0.3, 0.4) is 0 Å². The van der Waals surface area contributed by atoms with E-state index in [1.807, 2.05) is 36.2 Å². The number of esters is 1. The van der Waals surface area contributed by atoms with Crippen molar-refractivity contribution in [3.05, 3.63) is 88.0 Å². The van der Waals surface area contributed by atoms with E-state index in [2.05, 4.69) is 29.2 Å². The number of fused-ring (bicyclic) bond motifs is 1. The standard InChI is InChI=1S/C27H24Cl2N2O3S/c1-4-34-27(32)24-15-25(26-22(29)13-18(28)14-23(26)30-24)31(2)16-17-5-9-20(10-6-17)35-21-11-7-19(33-3)8-12-21/h5-15H,4,16H2,1-3H3. The van der Waals surface area contributed by atoms with Crippen LogP contribution in [0.2, 0.25) is 10.0 Å². The fourth-order valence-corrected chi connectivity index (χ4v) is 5.07. The zero-order chi connectivity index (χ0) is 24.9. The van der Waals surface area contributed by atoms with Crippen molar-refractivity contribution in [3.63, 3.8) is 0 Å². The summed E-state index contributed by atoms with van der Waals surface area (Å²) < 4.78 is 10.4. The van der Waals surface area contributed by atoms with E-state index < -0.39 is 5.97 Å². The van der Waals surface area contributed by atoms with Gasteiger partial charge in [0.2, 0.25) is 0 Å². The van der Waals surface area contributed by atoms with Crippen LogP contribution in [0.5, 0.6) is 5.75 Å². The predicted octanol–water partition coefficient (Wildman–Crippen LogP) is 7.51. The molecule has 0 aliphatic heterocycles. The van der Waals surface area contributed by atoms with Gasteiger partial charge in [0.05, 0.1) is 29.9 Å². The second-order valence-electron chi connectivity index (χ2n) is 7.81. The van der Waals surface area contributed by atoms with Crippen molar-refractivity contribution in [1.82, 2.24) is 4.98 Å². The van der Waals surface area contributed by atoms with E-state index in [1.54, 1.807) is 44.0 Å². The maximum atomic E-state index is 12.4. The van der Waals surface area contributed by atoms with Gasteiger partial charge >= 0.3 is 5.97 Å². The molecule has 0 aliphatic carbocycles. The number of ether oxygens (including phenoxy) is 2. The molecule has 1 heterocycles. The Morgan fingerprint density at radius 3 is 2.29 bits per heavy atom. The van der Waals surface area contributed by atoms with Crippen molar-refractivity contribution < 1.29 is 14.3 Å². The molecule has 0 aliphatic rings. The van der Waals surface area contributed by atoms with Gasteiger partial charge in [-0.2, -0.15) is 0 Å². The Balaban J connectivity index is 1.58. The Morgan fingerprint density at radius 2 is 1.66 bits per heavy atom. The van der Waals surface area contributed by atoms with E-state index in [0.29, 0.717) is 22.1 Å². The Morgan fingerprint density at radius 1 is 1.00 bits per heavy atom. The third-order valence-corrected chi connectivity index (χ3v) is 6.87. The average Bonchev–Trinajstić information content (AvgIpc) is 2.85. The topological polar surface area (TPSA) is 51.7 Å². The number of benzene rings is 3. The number of hydrogen-bond acceptors (Lipinski definition) is 6. The summed E-state index contributed by atoms with van der Waals surface area (Å²) in [7, 11) is 3.61. The van der Waals surface area contributed by atoms with Crippen LogP contribution in [-0.4, -0.2) is 31.7 Å². The highest BCUT2D eigenvalue weighted by molar-refractivity contribution is 7.99. The molecular weight excluding hydrogens is 503 g/mol. The lowest BCUT2D eigenvalue weighted by Crippen LogP contribution is -2.18. The normalized spacial score (nSPS) is 10.9. The van der Waals surface area contributed by atoms with Crippen LogP contribution in [-0.2, 0) is 11.3 Å². The smallest absolute Gasteiger partial charge is 0.357 e. The first kappa shape index (κ1) is 25.2. The largest absolute Gasteiger partial charge is 0.497 e. The van der Waals surface area contributed by atoms with Gasteiger partial charge in [-0.1, -0.05) is 47.1 Å². The first-order chi connectivity index (χ1) is 16.9. The molecule has 8 heteroatoms. The van der Waals surface area contributed by atoms with Crippen LogP contribution in [0.25, 0.3) is 10.9 Å². The molecule has 0 radical (unpaired) electrons. The Kier molecular flexibility index (Phi) is 8.06. The van der Waals surface area contributed by atoms with E-state index in [9.17, 15) is 4.79 Å². The molecule has 180 valence electrons. The molecule has 0 atom stereocenters. The summed E-state index contributed by atoms with van der Waals surface area (Å²) >= 11 is 14.4. The lowest BCUT2D eigenvalue weighted by Gasteiger charge is -2.23. The van der Waals surface area contributed by atoms with Crippen LogP contribution in [0, 0.1) is 0 Å². The summed E-state index contributed by atoms with van der Waals surface area (Å²) in [6.45, 7) is 2.63. The summed E-state index contributed by atoms with van der Waals surface area (Å²) in [5.41, 5.74) is 2.64. The summed E-state index contributed by atoms with van der Waals surface area (Å²) in [6.07, 6.45) is 0. The first-order valence-electron chi connectivity index (χ1n) is 11.0. The maximum Gasteiger partial charge on any atom is 0.357 e. The third-order valence-electron chi connectivity index (χ3n) is 5.34. The van der Waals surface area contributed by atoms with E-state index in [0.717, 1.165) is 32.2 Å².